The lowest BCUT2D eigenvalue weighted by molar-refractivity contribution is 0.0997. The first-order chi connectivity index (χ1) is 8.73. The second kappa shape index (κ2) is 6.29. The molecule has 1 atom stereocenters. The maximum Gasteiger partial charge on any atom is 0.184 e. The topological polar surface area (TPSA) is 105 Å². The first-order valence-electron chi connectivity index (χ1n) is 5.66. The van der Waals surface area contributed by atoms with Crippen LogP contribution in [0.1, 0.15) is 13.8 Å². The Hall–Kier alpha value is -0.510. The standard InChI is InChI=1S/C10H19N3O3S3/c1-4-19(15,16)7-8(11)13-18-9(7)12-5-10(2,14)6-17-3/h12,14H,4-6H2,1-3H3,(H2,11,13). The predicted octanol–water partition coefficient (Wildman–Crippen LogP) is 1.04. The first-order valence-corrected chi connectivity index (χ1v) is 9.48. The fourth-order valence-electron chi connectivity index (χ4n) is 1.48. The van der Waals surface area contributed by atoms with Gasteiger partial charge in [-0.15, -0.1) is 0 Å². The van der Waals surface area contributed by atoms with Crippen LogP contribution in [0.25, 0.3) is 0 Å². The van der Waals surface area contributed by atoms with Crippen molar-refractivity contribution in [3.05, 3.63) is 0 Å². The lowest BCUT2D eigenvalue weighted by Crippen LogP contribution is -2.36. The van der Waals surface area contributed by atoms with Gasteiger partial charge in [-0.3, -0.25) is 0 Å². The summed E-state index contributed by atoms with van der Waals surface area (Å²) in [6.45, 7) is 3.48. The van der Waals surface area contributed by atoms with E-state index in [0.717, 1.165) is 11.5 Å². The van der Waals surface area contributed by atoms with Crippen molar-refractivity contribution in [3.63, 3.8) is 0 Å². The molecule has 0 bridgehead atoms. The zero-order valence-electron chi connectivity index (χ0n) is 11.1. The van der Waals surface area contributed by atoms with Crippen molar-refractivity contribution in [2.75, 3.05) is 35.4 Å². The average molecular weight is 325 g/mol. The van der Waals surface area contributed by atoms with E-state index in [9.17, 15) is 13.5 Å². The number of nitrogens with two attached hydrogens (primary N) is 1. The van der Waals surface area contributed by atoms with Crippen LogP contribution in [0.4, 0.5) is 10.8 Å². The highest BCUT2D eigenvalue weighted by Gasteiger charge is 2.26. The summed E-state index contributed by atoms with van der Waals surface area (Å²) in [5.74, 6) is 0.522. The third-order valence-electron chi connectivity index (χ3n) is 2.45. The Kier molecular flexibility index (Phi) is 5.48. The maximum absolute atomic E-state index is 11.9. The molecule has 0 fully saturated rings. The number of hydrogen-bond acceptors (Lipinski definition) is 8. The van der Waals surface area contributed by atoms with Gasteiger partial charge in [-0.05, 0) is 24.7 Å². The molecule has 0 amide bonds. The van der Waals surface area contributed by atoms with E-state index in [2.05, 4.69) is 9.69 Å². The van der Waals surface area contributed by atoms with Gasteiger partial charge in [-0.1, -0.05) is 6.92 Å². The highest BCUT2D eigenvalue weighted by atomic mass is 32.2. The summed E-state index contributed by atoms with van der Waals surface area (Å²) in [6.07, 6.45) is 1.89. The number of rotatable bonds is 7. The quantitative estimate of drug-likeness (QED) is 0.688. The minimum atomic E-state index is -3.42. The highest BCUT2D eigenvalue weighted by Crippen LogP contribution is 2.32. The maximum atomic E-state index is 11.9. The Morgan fingerprint density at radius 3 is 2.74 bits per heavy atom. The second-order valence-corrected chi connectivity index (χ2v) is 8.27. The molecule has 110 valence electrons. The van der Waals surface area contributed by atoms with Crippen molar-refractivity contribution in [1.29, 1.82) is 0 Å². The Morgan fingerprint density at radius 1 is 1.58 bits per heavy atom. The summed E-state index contributed by atoms with van der Waals surface area (Å²) in [5.41, 5.74) is 4.69. The zero-order chi connectivity index (χ0) is 14.7. The molecule has 0 aromatic carbocycles. The van der Waals surface area contributed by atoms with Crippen molar-refractivity contribution in [2.45, 2.75) is 24.3 Å². The third-order valence-corrected chi connectivity index (χ3v) is 6.10. The number of sulfone groups is 1. The molecule has 1 heterocycles. The summed E-state index contributed by atoms with van der Waals surface area (Å²) >= 11 is 2.51. The smallest absolute Gasteiger partial charge is 0.184 e. The van der Waals surface area contributed by atoms with Crippen LogP contribution in [0, 0.1) is 0 Å². The van der Waals surface area contributed by atoms with Gasteiger partial charge >= 0.3 is 0 Å². The summed E-state index contributed by atoms with van der Waals surface area (Å²) in [6, 6.07) is 0. The lowest BCUT2D eigenvalue weighted by Gasteiger charge is -2.22. The molecular weight excluding hydrogens is 306 g/mol. The van der Waals surface area contributed by atoms with Gasteiger partial charge in [0.1, 0.15) is 9.90 Å². The highest BCUT2D eigenvalue weighted by molar-refractivity contribution is 7.98. The Labute approximate surface area is 121 Å². The van der Waals surface area contributed by atoms with E-state index in [1.165, 1.54) is 11.8 Å². The number of aromatic nitrogens is 1. The molecule has 0 aliphatic carbocycles. The van der Waals surface area contributed by atoms with Crippen LogP contribution in [-0.2, 0) is 9.84 Å². The van der Waals surface area contributed by atoms with Gasteiger partial charge in [0.25, 0.3) is 0 Å². The van der Waals surface area contributed by atoms with Crippen LogP contribution in [0.5, 0.6) is 0 Å². The fraction of sp³-hybridized carbons (Fsp3) is 0.700. The average Bonchev–Trinajstić information content (AvgIpc) is 2.69. The summed E-state index contributed by atoms with van der Waals surface area (Å²) in [7, 11) is -3.42. The molecule has 1 aromatic heterocycles. The zero-order valence-corrected chi connectivity index (χ0v) is 13.6. The van der Waals surface area contributed by atoms with E-state index in [1.54, 1.807) is 13.8 Å². The Morgan fingerprint density at radius 2 is 2.21 bits per heavy atom. The minimum Gasteiger partial charge on any atom is -0.387 e. The number of nitrogen functional groups attached to an aromatic ring is 1. The molecule has 0 spiro atoms. The van der Waals surface area contributed by atoms with E-state index in [4.69, 9.17) is 5.73 Å². The van der Waals surface area contributed by atoms with Gasteiger partial charge in [0.05, 0.1) is 11.4 Å². The lowest BCUT2D eigenvalue weighted by atomic mass is 10.1. The molecule has 0 aliphatic rings. The molecule has 4 N–H and O–H groups in total. The number of thioether (sulfide) groups is 1. The molecule has 0 saturated heterocycles. The summed E-state index contributed by atoms with van der Waals surface area (Å²) in [5, 5.41) is 13.4. The van der Waals surface area contributed by atoms with Gasteiger partial charge in [-0.25, -0.2) is 8.42 Å². The number of hydrogen-bond donors (Lipinski definition) is 3. The van der Waals surface area contributed by atoms with Crippen LogP contribution in [-0.4, -0.2) is 47.8 Å². The number of aliphatic hydroxyl groups is 1. The van der Waals surface area contributed by atoms with E-state index in [1.807, 2.05) is 6.26 Å². The molecular formula is C10H19N3O3S3. The number of nitrogens with zero attached hydrogens (tertiary/aromatic N) is 1. The second-order valence-electron chi connectivity index (χ2n) is 4.41. The number of nitrogens with one attached hydrogen (secondary N) is 1. The van der Waals surface area contributed by atoms with E-state index < -0.39 is 15.4 Å². The van der Waals surface area contributed by atoms with E-state index in [-0.39, 0.29) is 23.0 Å². The number of anilines is 2. The molecule has 19 heavy (non-hydrogen) atoms. The molecule has 0 aliphatic heterocycles. The summed E-state index contributed by atoms with van der Waals surface area (Å²) in [4.78, 5) is 0.0416. The summed E-state index contributed by atoms with van der Waals surface area (Å²) < 4.78 is 27.7. The van der Waals surface area contributed by atoms with Gasteiger partial charge in [-0.2, -0.15) is 16.1 Å². The molecule has 1 aromatic rings. The monoisotopic (exact) mass is 325 g/mol. The van der Waals surface area contributed by atoms with Gasteiger partial charge in [0, 0.05) is 12.3 Å². The van der Waals surface area contributed by atoms with Crippen molar-refractivity contribution in [3.8, 4) is 0 Å². The largest absolute Gasteiger partial charge is 0.387 e. The third kappa shape index (κ3) is 4.23. The van der Waals surface area contributed by atoms with Crippen LogP contribution >= 0.6 is 23.3 Å². The van der Waals surface area contributed by atoms with Crippen LogP contribution < -0.4 is 11.1 Å². The van der Waals surface area contributed by atoms with Crippen LogP contribution in [0.15, 0.2) is 4.90 Å². The van der Waals surface area contributed by atoms with Crippen molar-refractivity contribution < 1.29 is 13.5 Å². The van der Waals surface area contributed by atoms with Gasteiger partial charge < -0.3 is 16.2 Å². The van der Waals surface area contributed by atoms with E-state index in [0.29, 0.717) is 10.8 Å². The van der Waals surface area contributed by atoms with Gasteiger partial charge in [0.15, 0.2) is 15.7 Å². The predicted molar refractivity (Wildman–Crippen MR) is 81.7 cm³/mol. The molecule has 1 unspecified atom stereocenters. The normalized spacial score (nSPS) is 15.2. The van der Waals surface area contributed by atoms with Crippen molar-refractivity contribution in [2.24, 2.45) is 0 Å². The molecule has 0 saturated carbocycles. The molecule has 6 nitrogen and oxygen atoms in total. The Balaban J connectivity index is 2.93. The first kappa shape index (κ1) is 16.5. The van der Waals surface area contributed by atoms with Gasteiger partial charge in [0.2, 0.25) is 0 Å². The molecule has 9 heteroatoms. The fourth-order valence-corrected chi connectivity index (χ4v) is 4.37. The van der Waals surface area contributed by atoms with Crippen molar-refractivity contribution >= 4 is 44.0 Å². The van der Waals surface area contributed by atoms with Crippen LogP contribution in [0.2, 0.25) is 0 Å². The SMILES string of the molecule is CCS(=O)(=O)c1c(N)nsc1NCC(C)(O)CSC. The molecule has 0 radical (unpaired) electrons. The van der Waals surface area contributed by atoms with Crippen LogP contribution in [0.3, 0.4) is 0 Å². The Bertz CT molecular complexity index is 525. The van der Waals surface area contributed by atoms with Crippen molar-refractivity contribution in [1.82, 2.24) is 4.37 Å². The van der Waals surface area contributed by atoms with E-state index >= 15 is 0 Å². The molecule has 1 rings (SSSR count). The minimum absolute atomic E-state index is 0.0128.